The van der Waals surface area contributed by atoms with Gasteiger partial charge in [0.25, 0.3) is 0 Å². The second kappa shape index (κ2) is 8.82. The number of carbonyl (C=O) groups is 1. The predicted octanol–water partition coefficient (Wildman–Crippen LogP) is 2.57. The zero-order chi connectivity index (χ0) is 17.5. The molecule has 24 heavy (non-hydrogen) atoms. The van der Waals surface area contributed by atoms with Gasteiger partial charge in [0.15, 0.2) is 0 Å². The topological polar surface area (TPSA) is 44.8 Å². The number of likely N-dealkylation sites (N-methyl/N-ethyl adjacent to an activating group) is 1. The summed E-state index contributed by atoms with van der Waals surface area (Å²) in [4.78, 5) is 16.2. The molecular weight excluding hydrogens is 316 g/mol. The molecule has 1 aliphatic rings. The molecule has 0 bridgehead atoms. The Labute approximate surface area is 141 Å². The van der Waals surface area contributed by atoms with Crippen molar-refractivity contribution in [1.82, 2.24) is 15.1 Å². The van der Waals surface area contributed by atoms with Crippen LogP contribution in [0, 0.1) is 0 Å². The van der Waals surface area contributed by atoms with Gasteiger partial charge < -0.3 is 19.9 Å². The molecule has 5 nitrogen and oxygen atoms in total. The van der Waals surface area contributed by atoms with Crippen molar-refractivity contribution >= 4 is 6.03 Å². The number of halogens is 2. The third-order valence-electron chi connectivity index (χ3n) is 4.27. The first-order chi connectivity index (χ1) is 11.5. The van der Waals surface area contributed by atoms with Crippen molar-refractivity contribution in [2.45, 2.75) is 31.9 Å². The molecule has 0 radical (unpaired) electrons. The lowest BCUT2D eigenvalue weighted by molar-refractivity contribution is -0.0504. The number of ether oxygens (including phenoxy) is 1. The molecule has 2 amide bonds. The van der Waals surface area contributed by atoms with Gasteiger partial charge in [-0.25, -0.2) is 4.79 Å². The minimum Gasteiger partial charge on any atom is -0.435 e. The van der Waals surface area contributed by atoms with Crippen LogP contribution in [0.15, 0.2) is 24.3 Å². The quantitative estimate of drug-likeness (QED) is 0.865. The Morgan fingerprint density at radius 2 is 2.17 bits per heavy atom. The van der Waals surface area contributed by atoms with Gasteiger partial charge in [-0.2, -0.15) is 8.78 Å². The Kier molecular flexibility index (Phi) is 6.78. The summed E-state index contributed by atoms with van der Waals surface area (Å²) < 4.78 is 29.3. The average Bonchev–Trinajstić information content (AvgIpc) is 2.56. The normalized spacial score (nSPS) is 18.1. The number of nitrogens with one attached hydrogen (secondary N) is 1. The van der Waals surface area contributed by atoms with Crippen LogP contribution in [0.25, 0.3) is 0 Å². The lowest BCUT2D eigenvalue weighted by atomic mass is 10.1. The van der Waals surface area contributed by atoms with Crippen molar-refractivity contribution in [3.05, 3.63) is 29.8 Å². The summed E-state index contributed by atoms with van der Waals surface area (Å²) >= 11 is 0. The fourth-order valence-corrected chi connectivity index (χ4v) is 2.90. The number of carbonyl (C=O) groups excluding carboxylic acids is 1. The maximum atomic E-state index is 12.4. The first-order valence-corrected chi connectivity index (χ1v) is 8.19. The number of urea groups is 1. The van der Waals surface area contributed by atoms with Crippen LogP contribution in [-0.4, -0.2) is 62.2 Å². The van der Waals surface area contributed by atoms with Crippen LogP contribution in [0.2, 0.25) is 0 Å². The number of alkyl halides is 2. The largest absolute Gasteiger partial charge is 0.435 e. The van der Waals surface area contributed by atoms with Gasteiger partial charge in [-0.05, 0) is 45.0 Å². The molecule has 1 saturated heterocycles. The van der Waals surface area contributed by atoms with E-state index in [1.807, 2.05) is 19.0 Å². The maximum Gasteiger partial charge on any atom is 0.387 e. The molecule has 134 valence electrons. The van der Waals surface area contributed by atoms with Crippen molar-refractivity contribution < 1.29 is 18.3 Å². The highest BCUT2D eigenvalue weighted by atomic mass is 19.3. The van der Waals surface area contributed by atoms with E-state index in [1.165, 1.54) is 6.07 Å². The summed E-state index contributed by atoms with van der Waals surface area (Å²) in [5.41, 5.74) is 0.655. The van der Waals surface area contributed by atoms with Gasteiger partial charge in [0.05, 0.1) is 0 Å². The first kappa shape index (κ1) is 18.4. The average molecular weight is 341 g/mol. The SMILES string of the molecule is CN(C)[C@@H]1CCCN(C(=O)NCCc2ccccc2OC(F)F)C1. The highest BCUT2D eigenvalue weighted by molar-refractivity contribution is 5.74. The summed E-state index contributed by atoms with van der Waals surface area (Å²) in [5, 5.41) is 2.87. The Balaban J connectivity index is 1.82. The zero-order valence-corrected chi connectivity index (χ0v) is 14.2. The number of amides is 2. The molecule has 1 N–H and O–H groups in total. The highest BCUT2D eigenvalue weighted by Gasteiger charge is 2.24. The second-order valence-corrected chi connectivity index (χ2v) is 6.17. The van der Waals surface area contributed by atoms with Crippen LogP contribution < -0.4 is 10.1 Å². The molecular formula is C17H25F2N3O2. The maximum absolute atomic E-state index is 12.4. The lowest BCUT2D eigenvalue weighted by Crippen LogP contribution is -2.50. The Hall–Kier alpha value is -1.89. The van der Waals surface area contributed by atoms with Crippen LogP contribution in [0.3, 0.4) is 0 Å². The van der Waals surface area contributed by atoms with E-state index in [0.29, 0.717) is 31.1 Å². The molecule has 7 heteroatoms. The van der Waals surface area contributed by atoms with Crippen molar-refractivity contribution in [3.63, 3.8) is 0 Å². The number of hydrogen-bond acceptors (Lipinski definition) is 3. The van der Waals surface area contributed by atoms with E-state index in [2.05, 4.69) is 15.0 Å². The van der Waals surface area contributed by atoms with Crippen LogP contribution in [0.4, 0.5) is 13.6 Å². The summed E-state index contributed by atoms with van der Waals surface area (Å²) in [6.45, 7) is -1.01. The summed E-state index contributed by atoms with van der Waals surface area (Å²) in [5.74, 6) is 0.160. The van der Waals surface area contributed by atoms with Crippen molar-refractivity contribution in [2.75, 3.05) is 33.7 Å². The second-order valence-electron chi connectivity index (χ2n) is 6.17. The number of benzene rings is 1. The molecule has 2 rings (SSSR count). The van der Waals surface area contributed by atoms with E-state index in [9.17, 15) is 13.6 Å². The van der Waals surface area contributed by atoms with Crippen molar-refractivity contribution in [2.24, 2.45) is 0 Å². The first-order valence-electron chi connectivity index (χ1n) is 8.19. The highest BCUT2D eigenvalue weighted by Crippen LogP contribution is 2.20. The molecule has 1 heterocycles. The molecule has 1 fully saturated rings. The smallest absolute Gasteiger partial charge is 0.387 e. The third-order valence-corrected chi connectivity index (χ3v) is 4.27. The molecule has 0 saturated carbocycles. The fraction of sp³-hybridized carbons (Fsp3) is 0.588. The molecule has 1 aromatic rings. The van der Waals surface area contributed by atoms with Gasteiger partial charge in [-0.15, -0.1) is 0 Å². The molecule has 0 spiro atoms. The summed E-state index contributed by atoms with van der Waals surface area (Å²) in [6.07, 6.45) is 2.52. The number of hydrogen-bond donors (Lipinski definition) is 1. The van der Waals surface area contributed by atoms with Gasteiger partial charge in [-0.3, -0.25) is 0 Å². The van der Waals surface area contributed by atoms with Crippen LogP contribution in [-0.2, 0) is 6.42 Å². The zero-order valence-electron chi connectivity index (χ0n) is 14.2. The molecule has 0 aliphatic carbocycles. The third kappa shape index (κ3) is 5.33. The molecule has 0 aromatic heterocycles. The van der Waals surface area contributed by atoms with E-state index >= 15 is 0 Å². The van der Waals surface area contributed by atoms with Gasteiger partial charge in [-0.1, -0.05) is 18.2 Å². The molecule has 1 aliphatic heterocycles. The van der Waals surface area contributed by atoms with Crippen LogP contribution >= 0.6 is 0 Å². The van der Waals surface area contributed by atoms with E-state index < -0.39 is 6.61 Å². The molecule has 1 aromatic carbocycles. The number of para-hydroxylation sites is 1. The van der Waals surface area contributed by atoms with Crippen LogP contribution in [0.5, 0.6) is 5.75 Å². The fourth-order valence-electron chi connectivity index (χ4n) is 2.90. The van der Waals surface area contributed by atoms with Crippen molar-refractivity contribution in [1.29, 1.82) is 0 Å². The molecule has 1 atom stereocenters. The Morgan fingerprint density at radius 1 is 1.42 bits per heavy atom. The van der Waals surface area contributed by atoms with Gasteiger partial charge >= 0.3 is 12.6 Å². The monoisotopic (exact) mass is 341 g/mol. The van der Waals surface area contributed by atoms with Gasteiger partial charge in [0.2, 0.25) is 0 Å². The van der Waals surface area contributed by atoms with E-state index in [0.717, 1.165) is 19.4 Å². The van der Waals surface area contributed by atoms with Crippen molar-refractivity contribution in [3.8, 4) is 5.75 Å². The minimum atomic E-state index is -2.85. The van der Waals surface area contributed by atoms with Gasteiger partial charge in [0.1, 0.15) is 5.75 Å². The predicted molar refractivity (Wildman–Crippen MR) is 88.5 cm³/mol. The standard InChI is InChI=1S/C17H25F2N3O2/c1-21(2)14-7-5-11-22(12-14)17(23)20-10-9-13-6-3-4-8-15(13)24-16(18)19/h3-4,6,8,14,16H,5,7,9-12H2,1-2H3,(H,20,23)/t14-/m1/s1. The Bertz CT molecular complexity index is 540. The summed E-state index contributed by atoms with van der Waals surface area (Å²) in [7, 11) is 4.04. The van der Waals surface area contributed by atoms with Crippen LogP contribution in [0.1, 0.15) is 18.4 Å². The minimum absolute atomic E-state index is 0.103. The summed E-state index contributed by atoms with van der Waals surface area (Å²) in [6, 6.07) is 6.93. The number of rotatable bonds is 6. The molecule has 0 unspecified atom stereocenters. The number of likely N-dealkylation sites (tertiary alicyclic amines) is 1. The van der Waals surface area contributed by atoms with E-state index in [-0.39, 0.29) is 11.8 Å². The van der Waals surface area contributed by atoms with Gasteiger partial charge in [0, 0.05) is 25.7 Å². The Morgan fingerprint density at radius 3 is 2.88 bits per heavy atom. The number of nitrogens with zero attached hydrogens (tertiary/aromatic N) is 2. The van der Waals surface area contributed by atoms with E-state index in [4.69, 9.17) is 0 Å². The lowest BCUT2D eigenvalue weighted by Gasteiger charge is -2.36. The number of piperidine rings is 1. The van der Waals surface area contributed by atoms with E-state index in [1.54, 1.807) is 18.2 Å².